The molecule has 0 fully saturated rings. The van der Waals surface area contributed by atoms with Gasteiger partial charge in [-0.3, -0.25) is 0 Å². The lowest BCUT2D eigenvalue weighted by Gasteiger charge is -2.04. The molecule has 0 aromatic rings. The predicted molar refractivity (Wildman–Crippen MR) is 61.2 cm³/mol. The summed E-state index contributed by atoms with van der Waals surface area (Å²) in [6.07, 6.45) is 9.24. The summed E-state index contributed by atoms with van der Waals surface area (Å²) in [6, 6.07) is 0. The molecular formula is C9H22B2O3. The number of hydrogen-bond acceptors (Lipinski definition) is 3. The Balaban J connectivity index is 2.98. The van der Waals surface area contributed by atoms with Crippen LogP contribution in [0.15, 0.2) is 0 Å². The van der Waals surface area contributed by atoms with E-state index < -0.39 is 14.8 Å². The van der Waals surface area contributed by atoms with Gasteiger partial charge in [-0.2, -0.15) is 0 Å². The average Bonchev–Trinajstić information content (AvgIpc) is 2.17. The molecule has 0 spiro atoms. The van der Waals surface area contributed by atoms with Crippen LogP contribution in [0.3, 0.4) is 0 Å². The molecule has 0 radical (unpaired) electrons. The van der Waals surface area contributed by atoms with Crippen molar-refractivity contribution in [1.29, 1.82) is 0 Å². The quantitative estimate of drug-likeness (QED) is 0.414. The van der Waals surface area contributed by atoms with E-state index in [0.717, 1.165) is 12.8 Å². The second-order valence-electron chi connectivity index (χ2n) is 3.66. The third kappa shape index (κ3) is 10.1. The fraction of sp³-hybridized carbons (Fsp3) is 1.00. The van der Waals surface area contributed by atoms with E-state index in [0.29, 0.717) is 6.32 Å². The molecule has 0 aliphatic rings. The first-order valence-electron chi connectivity index (χ1n) is 5.71. The van der Waals surface area contributed by atoms with Crippen molar-refractivity contribution in [2.45, 2.75) is 58.2 Å². The van der Waals surface area contributed by atoms with Gasteiger partial charge in [0, 0.05) is 0 Å². The molecule has 82 valence electrons. The summed E-state index contributed by atoms with van der Waals surface area (Å²) < 4.78 is 4.60. The van der Waals surface area contributed by atoms with E-state index in [-0.39, 0.29) is 0 Å². The van der Waals surface area contributed by atoms with E-state index in [1.807, 2.05) is 0 Å². The first-order valence-corrected chi connectivity index (χ1v) is 5.71. The van der Waals surface area contributed by atoms with Crippen LogP contribution in [0.25, 0.3) is 0 Å². The molecule has 0 heterocycles. The lowest BCUT2D eigenvalue weighted by Crippen LogP contribution is -2.19. The second-order valence-corrected chi connectivity index (χ2v) is 3.66. The lowest BCUT2D eigenvalue weighted by molar-refractivity contribution is 0.376. The zero-order valence-electron chi connectivity index (χ0n) is 9.24. The summed E-state index contributed by atoms with van der Waals surface area (Å²) in [6.45, 7) is 2.21. The first-order chi connectivity index (χ1) is 6.81. The Morgan fingerprint density at radius 2 is 1.64 bits per heavy atom. The molecule has 0 aromatic heterocycles. The SMILES string of the molecule is CCCCCCCCCB(O)OBO. The summed E-state index contributed by atoms with van der Waals surface area (Å²) in [5, 5.41) is 17.5. The third-order valence-corrected chi connectivity index (χ3v) is 2.32. The minimum absolute atomic E-state index is 0.391. The predicted octanol–water partition coefficient (Wildman–Crippen LogP) is 1.49. The van der Waals surface area contributed by atoms with Crippen molar-refractivity contribution in [2.24, 2.45) is 0 Å². The highest BCUT2D eigenvalue weighted by atomic mass is 16.5. The van der Waals surface area contributed by atoms with E-state index in [9.17, 15) is 0 Å². The average molecular weight is 200 g/mol. The minimum Gasteiger partial charge on any atom is -0.454 e. The van der Waals surface area contributed by atoms with Crippen LogP contribution in [0, 0.1) is 0 Å². The van der Waals surface area contributed by atoms with Crippen LogP contribution in [-0.2, 0) is 4.57 Å². The Morgan fingerprint density at radius 3 is 2.21 bits per heavy atom. The van der Waals surface area contributed by atoms with Crippen LogP contribution in [0.4, 0.5) is 0 Å². The van der Waals surface area contributed by atoms with Gasteiger partial charge in [-0.1, -0.05) is 51.9 Å². The van der Waals surface area contributed by atoms with Gasteiger partial charge >= 0.3 is 14.8 Å². The molecule has 0 bridgehead atoms. The van der Waals surface area contributed by atoms with Gasteiger partial charge in [0.2, 0.25) is 0 Å². The monoisotopic (exact) mass is 200 g/mol. The van der Waals surface area contributed by atoms with Crippen LogP contribution in [0.1, 0.15) is 51.9 Å². The maximum atomic E-state index is 9.11. The maximum Gasteiger partial charge on any atom is 0.440 e. The van der Waals surface area contributed by atoms with Crippen molar-refractivity contribution in [3.63, 3.8) is 0 Å². The zero-order chi connectivity index (χ0) is 10.6. The van der Waals surface area contributed by atoms with Gasteiger partial charge in [0.15, 0.2) is 0 Å². The number of hydrogen-bond donors (Lipinski definition) is 2. The third-order valence-electron chi connectivity index (χ3n) is 2.32. The number of unbranched alkanes of at least 4 members (excludes halogenated alkanes) is 6. The minimum atomic E-state index is -0.782. The van der Waals surface area contributed by atoms with E-state index in [2.05, 4.69) is 11.5 Å². The van der Waals surface area contributed by atoms with Crippen LogP contribution >= 0.6 is 0 Å². The summed E-state index contributed by atoms with van der Waals surface area (Å²) in [4.78, 5) is 0. The molecule has 3 nitrogen and oxygen atoms in total. The number of rotatable bonds is 10. The Bertz CT molecular complexity index is 114. The molecule has 5 heteroatoms. The molecule has 0 rings (SSSR count). The standard InChI is InChI=1S/C9H22B2O3/c1-2-3-4-5-6-7-8-9-11(13)14-10-12/h10,12-13H,2-9H2,1H3. The molecule has 14 heavy (non-hydrogen) atoms. The van der Waals surface area contributed by atoms with Gasteiger partial charge in [-0.05, 0) is 6.32 Å². The molecule has 0 atom stereocenters. The van der Waals surface area contributed by atoms with Gasteiger partial charge < -0.3 is 14.6 Å². The van der Waals surface area contributed by atoms with Crippen LogP contribution in [-0.4, -0.2) is 24.9 Å². The van der Waals surface area contributed by atoms with Crippen molar-refractivity contribution in [2.75, 3.05) is 0 Å². The van der Waals surface area contributed by atoms with Crippen molar-refractivity contribution >= 4 is 14.8 Å². The second kappa shape index (κ2) is 11.1. The van der Waals surface area contributed by atoms with Gasteiger partial charge in [-0.15, -0.1) is 0 Å². The molecule has 0 aromatic carbocycles. The lowest BCUT2D eigenvalue weighted by atomic mass is 9.81. The molecule has 2 N–H and O–H groups in total. The summed E-state index contributed by atoms with van der Waals surface area (Å²) in [7, 11) is -1.17. The highest BCUT2D eigenvalue weighted by molar-refractivity contribution is 6.49. The van der Waals surface area contributed by atoms with Crippen molar-refractivity contribution in [3.05, 3.63) is 0 Å². The van der Waals surface area contributed by atoms with E-state index in [1.54, 1.807) is 0 Å². The van der Waals surface area contributed by atoms with Crippen molar-refractivity contribution < 1.29 is 14.6 Å². The van der Waals surface area contributed by atoms with E-state index in [1.165, 1.54) is 32.1 Å². The van der Waals surface area contributed by atoms with Crippen molar-refractivity contribution in [3.8, 4) is 0 Å². The van der Waals surface area contributed by atoms with E-state index >= 15 is 0 Å². The molecule has 0 aliphatic carbocycles. The normalized spacial score (nSPS) is 10.2. The largest absolute Gasteiger partial charge is 0.454 e. The van der Waals surface area contributed by atoms with E-state index in [4.69, 9.17) is 10.0 Å². The molecule has 0 saturated heterocycles. The van der Waals surface area contributed by atoms with Gasteiger partial charge in [0.1, 0.15) is 0 Å². The van der Waals surface area contributed by atoms with Gasteiger partial charge in [-0.25, -0.2) is 0 Å². The highest BCUT2D eigenvalue weighted by Gasteiger charge is 2.10. The fourth-order valence-electron chi connectivity index (χ4n) is 1.45. The Labute approximate surface area is 88.3 Å². The topological polar surface area (TPSA) is 49.7 Å². The van der Waals surface area contributed by atoms with Crippen LogP contribution in [0.2, 0.25) is 6.32 Å². The van der Waals surface area contributed by atoms with Gasteiger partial charge in [0.05, 0.1) is 0 Å². The molecular weight excluding hydrogens is 178 g/mol. The van der Waals surface area contributed by atoms with Crippen LogP contribution in [0.5, 0.6) is 0 Å². The first kappa shape index (κ1) is 14.0. The molecule has 0 amide bonds. The Morgan fingerprint density at radius 1 is 1.07 bits per heavy atom. The smallest absolute Gasteiger partial charge is 0.440 e. The summed E-state index contributed by atoms with van der Waals surface area (Å²) >= 11 is 0. The molecule has 0 saturated carbocycles. The molecule has 0 aliphatic heterocycles. The Hall–Kier alpha value is 0.00987. The summed E-state index contributed by atoms with van der Waals surface area (Å²) in [5.74, 6) is 0. The highest BCUT2D eigenvalue weighted by Crippen LogP contribution is 2.09. The molecule has 0 unspecified atom stereocenters. The zero-order valence-corrected chi connectivity index (χ0v) is 9.24. The summed E-state index contributed by atoms with van der Waals surface area (Å²) in [5.41, 5.74) is 0. The van der Waals surface area contributed by atoms with Gasteiger partial charge in [0.25, 0.3) is 0 Å². The van der Waals surface area contributed by atoms with Crippen molar-refractivity contribution in [1.82, 2.24) is 0 Å². The maximum absolute atomic E-state index is 9.11. The fourth-order valence-corrected chi connectivity index (χ4v) is 1.45. The Kier molecular flexibility index (Phi) is 11.1. The van der Waals surface area contributed by atoms with Crippen LogP contribution < -0.4 is 0 Å².